The Labute approximate surface area is 118 Å². The molecule has 0 saturated carbocycles. The summed E-state index contributed by atoms with van der Waals surface area (Å²) >= 11 is 0. The van der Waals surface area contributed by atoms with Gasteiger partial charge in [0.2, 0.25) is 16.4 Å². The third-order valence-electron chi connectivity index (χ3n) is 2.65. The van der Waals surface area contributed by atoms with Gasteiger partial charge in [0.25, 0.3) is 0 Å². The highest BCUT2D eigenvalue weighted by Crippen LogP contribution is 2.20. The number of nitrogens with one attached hydrogen (secondary N) is 1. The zero-order chi connectivity index (χ0) is 15.5. The quantitative estimate of drug-likeness (QED) is 0.796. The lowest BCUT2D eigenvalue weighted by molar-refractivity contribution is 0.267. The topological polar surface area (TPSA) is 105 Å². The van der Waals surface area contributed by atoms with E-state index in [1.54, 1.807) is 0 Å². The van der Waals surface area contributed by atoms with Gasteiger partial charge in [0.05, 0.1) is 12.2 Å². The molecule has 21 heavy (non-hydrogen) atoms. The van der Waals surface area contributed by atoms with Crippen LogP contribution in [-0.2, 0) is 23.1 Å². The van der Waals surface area contributed by atoms with E-state index in [2.05, 4.69) is 19.4 Å². The maximum absolute atomic E-state index is 13.9. The van der Waals surface area contributed by atoms with Gasteiger partial charge in [-0.15, -0.1) is 0 Å². The Morgan fingerprint density at radius 1 is 1.33 bits per heavy atom. The number of hydrogen-bond donors (Lipinski definition) is 2. The highest BCUT2D eigenvalue weighted by Gasteiger charge is 2.23. The molecule has 0 aliphatic carbocycles. The lowest BCUT2D eigenvalue weighted by Crippen LogP contribution is -2.27. The average Bonchev–Trinajstić information content (AvgIpc) is 2.92. The second kappa shape index (κ2) is 6.24. The molecule has 2 N–H and O–H groups in total. The van der Waals surface area contributed by atoms with Gasteiger partial charge in [0.15, 0.2) is 11.6 Å². The van der Waals surface area contributed by atoms with Gasteiger partial charge in [0, 0.05) is 13.0 Å². The number of aliphatic hydroxyl groups excluding tert-OH is 1. The second-order valence-corrected chi connectivity index (χ2v) is 5.73. The summed E-state index contributed by atoms with van der Waals surface area (Å²) in [6, 6.07) is 1.57. The van der Waals surface area contributed by atoms with Crippen molar-refractivity contribution in [3.8, 4) is 0 Å². The van der Waals surface area contributed by atoms with Gasteiger partial charge >= 0.3 is 0 Å². The third kappa shape index (κ3) is 3.40. The first-order chi connectivity index (χ1) is 9.95. The Balaban J connectivity index is 2.16. The van der Waals surface area contributed by atoms with E-state index in [0.717, 1.165) is 18.5 Å². The molecule has 1 heterocycles. The molecule has 10 heteroatoms. The molecule has 0 amide bonds. The molecule has 2 rings (SSSR count). The van der Waals surface area contributed by atoms with Crippen molar-refractivity contribution >= 4 is 10.0 Å². The van der Waals surface area contributed by atoms with Crippen LogP contribution < -0.4 is 4.72 Å². The van der Waals surface area contributed by atoms with Gasteiger partial charge in [-0.25, -0.2) is 21.9 Å². The number of halogens is 2. The first kappa shape index (κ1) is 15.5. The number of sulfonamides is 1. The molecule has 0 bridgehead atoms. The molecule has 0 aliphatic rings. The lowest BCUT2D eigenvalue weighted by Gasteiger charge is -2.09. The average molecular weight is 319 g/mol. The van der Waals surface area contributed by atoms with E-state index in [-0.39, 0.29) is 18.8 Å². The van der Waals surface area contributed by atoms with E-state index >= 15 is 0 Å². The predicted octanol–water partition coefficient (Wildman–Crippen LogP) is 0.361. The molecule has 0 spiro atoms. The van der Waals surface area contributed by atoms with Gasteiger partial charge in [-0.1, -0.05) is 5.16 Å². The molecule has 0 unspecified atom stereocenters. The number of benzene rings is 1. The minimum Gasteiger partial charge on any atom is -0.391 e. The zero-order valence-corrected chi connectivity index (χ0v) is 11.4. The van der Waals surface area contributed by atoms with Crippen LogP contribution in [0.2, 0.25) is 0 Å². The van der Waals surface area contributed by atoms with Gasteiger partial charge < -0.3 is 9.63 Å². The molecule has 1 aromatic carbocycles. The first-order valence-electron chi connectivity index (χ1n) is 5.78. The minimum atomic E-state index is -4.18. The largest absolute Gasteiger partial charge is 0.391 e. The summed E-state index contributed by atoms with van der Waals surface area (Å²) in [6.45, 7) is -1.03. The standard InChI is InChI=1S/C11H11F2N3O4S/c12-8-1-2-9(11(13)7(8)5-17)21(18,19)15-4-3-10-14-6-20-16-10/h1-2,6,15,17H,3-5H2. The van der Waals surface area contributed by atoms with Crippen LogP contribution in [0.1, 0.15) is 11.4 Å². The van der Waals surface area contributed by atoms with Crippen LogP contribution >= 0.6 is 0 Å². The fraction of sp³-hybridized carbons (Fsp3) is 0.273. The fourth-order valence-electron chi connectivity index (χ4n) is 1.61. The Kier molecular flexibility index (Phi) is 4.60. The highest BCUT2D eigenvalue weighted by molar-refractivity contribution is 7.89. The molecule has 0 fully saturated rings. The van der Waals surface area contributed by atoms with Crippen LogP contribution in [0.25, 0.3) is 0 Å². The minimum absolute atomic E-state index is 0.0901. The van der Waals surface area contributed by atoms with Crippen molar-refractivity contribution in [2.75, 3.05) is 6.54 Å². The summed E-state index contributed by atoms with van der Waals surface area (Å²) in [5.74, 6) is -2.04. The number of aromatic nitrogens is 2. The number of rotatable bonds is 6. The smallest absolute Gasteiger partial charge is 0.243 e. The Bertz CT molecular complexity index is 719. The Hall–Kier alpha value is -1.91. The van der Waals surface area contributed by atoms with E-state index in [1.807, 2.05) is 0 Å². The van der Waals surface area contributed by atoms with E-state index in [1.165, 1.54) is 0 Å². The summed E-state index contributed by atoms with van der Waals surface area (Å²) < 4.78 is 57.6. The van der Waals surface area contributed by atoms with Crippen molar-refractivity contribution in [1.29, 1.82) is 0 Å². The highest BCUT2D eigenvalue weighted by atomic mass is 32.2. The summed E-state index contributed by atoms with van der Waals surface area (Å²) in [6.07, 6.45) is 1.24. The van der Waals surface area contributed by atoms with E-state index in [9.17, 15) is 17.2 Å². The summed E-state index contributed by atoms with van der Waals surface area (Å²) in [7, 11) is -4.18. The number of nitrogens with zero attached hydrogens (tertiary/aromatic N) is 2. The van der Waals surface area contributed by atoms with Crippen LogP contribution in [0, 0.1) is 11.6 Å². The molecule has 0 radical (unpaired) electrons. The number of aliphatic hydroxyl groups is 1. The SMILES string of the molecule is O=S(=O)(NCCc1ncon1)c1ccc(F)c(CO)c1F. The Morgan fingerprint density at radius 2 is 2.10 bits per heavy atom. The van der Waals surface area contributed by atoms with Gasteiger partial charge in [-0.2, -0.15) is 4.98 Å². The maximum Gasteiger partial charge on any atom is 0.243 e. The van der Waals surface area contributed by atoms with Crippen molar-refractivity contribution < 1.29 is 26.8 Å². The molecular formula is C11H11F2N3O4S. The van der Waals surface area contributed by atoms with Crippen LogP contribution in [-0.4, -0.2) is 30.2 Å². The maximum atomic E-state index is 13.9. The predicted molar refractivity (Wildman–Crippen MR) is 65.5 cm³/mol. The molecule has 0 aliphatic heterocycles. The van der Waals surface area contributed by atoms with Gasteiger partial charge in [0.1, 0.15) is 10.7 Å². The summed E-state index contributed by atoms with van der Waals surface area (Å²) in [4.78, 5) is 2.96. The summed E-state index contributed by atoms with van der Waals surface area (Å²) in [5, 5.41) is 12.4. The molecule has 7 nitrogen and oxygen atoms in total. The van der Waals surface area contributed by atoms with Crippen LogP contribution in [0.4, 0.5) is 8.78 Å². The Morgan fingerprint density at radius 3 is 2.71 bits per heavy atom. The van der Waals surface area contributed by atoms with Crippen LogP contribution in [0.3, 0.4) is 0 Å². The lowest BCUT2D eigenvalue weighted by atomic mass is 10.2. The van der Waals surface area contributed by atoms with Gasteiger partial charge in [-0.3, -0.25) is 0 Å². The van der Waals surface area contributed by atoms with E-state index in [4.69, 9.17) is 5.11 Å². The van der Waals surface area contributed by atoms with Gasteiger partial charge in [-0.05, 0) is 12.1 Å². The first-order valence-corrected chi connectivity index (χ1v) is 7.26. The van der Waals surface area contributed by atoms with Crippen molar-refractivity contribution in [1.82, 2.24) is 14.9 Å². The van der Waals surface area contributed by atoms with E-state index < -0.39 is 38.7 Å². The molecular weight excluding hydrogens is 308 g/mol. The monoisotopic (exact) mass is 319 g/mol. The van der Waals surface area contributed by atoms with Crippen molar-refractivity contribution in [3.63, 3.8) is 0 Å². The molecule has 0 atom stereocenters. The van der Waals surface area contributed by atoms with Crippen molar-refractivity contribution in [3.05, 3.63) is 41.5 Å². The molecule has 1 aromatic heterocycles. The third-order valence-corrected chi connectivity index (χ3v) is 4.12. The zero-order valence-electron chi connectivity index (χ0n) is 10.6. The molecule has 0 saturated heterocycles. The molecule has 2 aromatic rings. The summed E-state index contributed by atoms with van der Waals surface area (Å²) in [5.41, 5.74) is -0.698. The normalized spacial score (nSPS) is 11.8. The van der Waals surface area contributed by atoms with Crippen LogP contribution in [0.15, 0.2) is 27.9 Å². The second-order valence-electron chi connectivity index (χ2n) is 3.99. The number of hydrogen-bond acceptors (Lipinski definition) is 6. The van der Waals surface area contributed by atoms with Crippen molar-refractivity contribution in [2.24, 2.45) is 0 Å². The molecule has 114 valence electrons. The van der Waals surface area contributed by atoms with E-state index in [0.29, 0.717) is 0 Å². The fourth-order valence-corrected chi connectivity index (χ4v) is 2.74. The van der Waals surface area contributed by atoms with Crippen molar-refractivity contribution in [2.45, 2.75) is 17.9 Å². The van der Waals surface area contributed by atoms with Crippen LogP contribution in [0.5, 0.6) is 0 Å².